The number of hydrogen-bond acceptors (Lipinski definition) is 1. The summed E-state index contributed by atoms with van der Waals surface area (Å²) < 4.78 is 5.18. The highest BCUT2D eigenvalue weighted by atomic mass is 16.5. The maximum atomic E-state index is 5.18. The molecule has 0 amide bonds. The highest BCUT2D eigenvalue weighted by Crippen LogP contribution is 2.20. The Morgan fingerprint density at radius 2 is 2.09 bits per heavy atom. The third-order valence-corrected chi connectivity index (χ3v) is 1.53. The van der Waals surface area contributed by atoms with E-state index in [0.717, 1.165) is 11.3 Å². The minimum Gasteiger partial charge on any atom is -0.453 e. The Hall–Kier alpha value is -1.50. The van der Waals surface area contributed by atoms with Crippen molar-refractivity contribution in [1.29, 1.82) is 0 Å². The smallest absolute Gasteiger partial charge is 0.169 e. The van der Waals surface area contributed by atoms with Gasteiger partial charge in [-0.05, 0) is 12.1 Å². The standard InChI is InChI=1S/C10H7O/c1-2-7-10-9(5-1)6-3-4-8-11-10/h1-7H. The first-order valence-corrected chi connectivity index (χ1v) is 3.48. The molecule has 1 heterocycles. The molecule has 0 fully saturated rings. The van der Waals surface area contributed by atoms with Crippen LogP contribution in [-0.4, -0.2) is 0 Å². The molecule has 1 radical (unpaired) electrons. The second-order valence-electron chi connectivity index (χ2n) is 2.28. The Morgan fingerprint density at radius 1 is 1.18 bits per heavy atom. The van der Waals surface area contributed by atoms with Crippen molar-refractivity contribution in [3.8, 4) is 5.75 Å². The number of hydrogen-bond donors (Lipinski definition) is 0. The van der Waals surface area contributed by atoms with Crippen LogP contribution in [0.25, 0.3) is 6.08 Å². The monoisotopic (exact) mass is 143 g/mol. The van der Waals surface area contributed by atoms with Crippen LogP contribution in [-0.2, 0) is 0 Å². The molecular formula is C10H7O. The molecule has 1 heteroatoms. The van der Waals surface area contributed by atoms with Gasteiger partial charge in [0.2, 0.25) is 0 Å². The summed E-state index contributed by atoms with van der Waals surface area (Å²) in [4.78, 5) is 0. The molecule has 0 bridgehead atoms. The van der Waals surface area contributed by atoms with Crippen LogP contribution in [0.5, 0.6) is 5.75 Å². The zero-order chi connectivity index (χ0) is 7.52. The van der Waals surface area contributed by atoms with Gasteiger partial charge in [0.05, 0.1) is 0 Å². The number of allylic oxidation sites excluding steroid dienone is 2. The van der Waals surface area contributed by atoms with Gasteiger partial charge in [0.1, 0.15) is 5.75 Å². The molecule has 1 aromatic rings. The summed E-state index contributed by atoms with van der Waals surface area (Å²) >= 11 is 0. The van der Waals surface area contributed by atoms with Crippen molar-refractivity contribution >= 4 is 6.08 Å². The SMILES string of the molecule is [C]1=CC=Cc2ccccc2O1. The van der Waals surface area contributed by atoms with E-state index in [9.17, 15) is 0 Å². The zero-order valence-electron chi connectivity index (χ0n) is 5.95. The average Bonchev–Trinajstić information content (AvgIpc) is 2.28. The Kier molecular flexibility index (Phi) is 1.48. The molecule has 53 valence electrons. The molecule has 0 saturated heterocycles. The molecule has 0 unspecified atom stereocenters. The van der Waals surface area contributed by atoms with Crippen molar-refractivity contribution in [3.05, 3.63) is 48.2 Å². The lowest BCUT2D eigenvalue weighted by Gasteiger charge is -2.00. The summed E-state index contributed by atoms with van der Waals surface area (Å²) in [6.45, 7) is 0. The van der Waals surface area contributed by atoms with Crippen molar-refractivity contribution in [2.24, 2.45) is 0 Å². The maximum Gasteiger partial charge on any atom is 0.169 e. The number of fused-ring (bicyclic) bond motifs is 1. The quantitative estimate of drug-likeness (QED) is 0.542. The normalized spacial score (nSPS) is 13.5. The molecule has 0 aromatic heterocycles. The summed E-state index contributed by atoms with van der Waals surface area (Å²) in [5.74, 6) is 0.859. The van der Waals surface area contributed by atoms with E-state index < -0.39 is 0 Å². The van der Waals surface area contributed by atoms with Gasteiger partial charge >= 0.3 is 0 Å². The first-order valence-electron chi connectivity index (χ1n) is 3.48. The first kappa shape index (κ1) is 6.23. The molecule has 0 N–H and O–H groups in total. The summed E-state index contributed by atoms with van der Waals surface area (Å²) in [6.07, 6.45) is 8.35. The van der Waals surface area contributed by atoms with Crippen LogP contribution < -0.4 is 4.74 Å². The molecule has 0 aliphatic carbocycles. The summed E-state index contributed by atoms with van der Waals surface area (Å²) in [6, 6.07) is 7.86. The van der Waals surface area contributed by atoms with E-state index in [1.165, 1.54) is 0 Å². The zero-order valence-corrected chi connectivity index (χ0v) is 5.95. The second kappa shape index (κ2) is 2.62. The number of rotatable bonds is 0. The average molecular weight is 143 g/mol. The van der Waals surface area contributed by atoms with Gasteiger partial charge in [-0.15, -0.1) is 0 Å². The molecule has 1 aliphatic heterocycles. The second-order valence-corrected chi connectivity index (χ2v) is 2.28. The van der Waals surface area contributed by atoms with Crippen molar-refractivity contribution in [2.45, 2.75) is 0 Å². The fraction of sp³-hybridized carbons (Fsp3) is 0. The van der Waals surface area contributed by atoms with Crippen LogP contribution in [0.4, 0.5) is 0 Å². The van der Waals surface area contributed by atoms with E-state index in [2.05, 4.69) is 6.26 Å². The highest BCUT2D eigenvalue weighted by Gasteiger charge is 1.98. The molecule has 0 spiro atoms. The summed E-state index contributed by atoms with van der Waals surface area (Å²) in [7, 11) is 0. The van der Waals surface area contributed by atoms with E-state index in [4.69, 9.17) is 4.74 Å². The van der Waals surface area contributed by atoms with Crippen LogP contribution in [0.3, 0.4) is 0 Å². The van der Waals surface area contributed by atoms with Crippen molar-refractivity contribution < 1.29 is 4.74 Å². The predicted molar refractivity (Wildman–Crippen MR) is 43.9 cm³/mol. The largest absolute Gasteiger partial charge is 0.453 e. The van der Waals surface area contributed by atoms with Gasteiger partial charge in [-0.25, -0.2) is 0 Å². The van der Waals surface area contributed by atoms with E-state index >= 15 is 0 Å². The minimum atomic E-state index is 0.859. The first-order chi connectivity index (χ1) is 5.47. The molecule has 1 aliphatic rings. The molecular weight excluding hydrogens is 136 g/mol. The number of ether oxygens (including phenoxy) is 1. The van der Waals surface area contributed by atoms with Crippen LogP contribution in [0, 0.1) is 6.26 Å². The molecule has 2 rings (SSSR count). The van der Waals surface area contributed by atoms with Crippen LogP contribution in [0.1, 0.15) is 5.56 Å². The molecule has 0 atom stereocenters. The van der Waals surface area contributed by atoms with Gasteiger partial charge in [-0.1, -0.05) is 30.4 Å². The van der Waals surface area contributed by atoms with Gasteiger partial charge in [0.25, 0.3) is 0 Å². The minimum absolute atomic E-state index is 0.859. The number of para-hydroxylation sites is 1. The molecule has 1 aromatic carbocycles. The molecule has 1 nitrogen and oxygen atoms in total. The predicted octanol–water partition coefficient (Wildman–Crippen LogP) is 2.41. The van der Waals surface area contributed by atoms with Gasteiger partial charge < -0.3 is 4.74 Å². The third-order valence-electron chi connectivity index (χ3n) is 1.53. The van der Waals surface area contributed by atoms with Crippen molar-refractivity contribution in [1.82, 2.24) is 0 Å². The van der Waals surface area contributed by atoms with Crippen LogP contribution >= 0.6 is 0 Å². The van der Waals surface area contributed by atoms with E-state index in [0.29, 0.717) is 0 Å². The Balaban J connectivity index is 2.52. The fourth-order valence-electron chi connectivity index (χ4n) is 1.000. The maximum absolute atomic E-state index is 5.18. The van der Waals surface area contributed by atoms with E-state index in [1.54, 1.807) is 6.08 Å². The van der Waals surface area contributed by atoms with Gasteiger partial charge in [0, 0.05) is 5.56 Å². The fourth-order valence-corrected chi connectivity index (χ4v) is 1.000. The van der Waals surface area contributed by atoms with Crippen molar-refractivity contribution in [3.63, 3.8) is 0 Å². The van der Waals surface area contributed by atoms with E-state index in [1.807, 2.05) is 36.4 Å². The summed E-state index contributed by atoms with van der Waals surface area (Å²) in [5.41, 5.74) is 1.09. The Morgan fingerprint density at radius 3 is 3.09 bits per heavy atom. The summed E-state index contributed by atoms with van der Waals surface area (Å²) in [5, 5.41) is 0. The van der Waals surface area contributed by atoms with E-state index in [-0.39, 0.29) is 0 Å². The van der Waals surface area contributed by atoms with Crippen molar-refractivity contribution in [2.75, 3.05) is 0 Å². The lowest BCUT2D eigenvalue weighted by atomic mass is 10.2. The lowest BCUT2D eigenvalue weighted by molar-refractivity contribution is 0.453. The molecule has 0 saturated carbocycles. The van der Waals surface area contributed by atoms with Crippen LogP contribution in [0.2, 0.25) is 0 Å². The third kappa shape index (κ3) is 1.17. The Bertz CT molecular complexity index is 310. The van der Waals surface area contributed by atoms with Gasteiger partial charge in [-0.3, -0.25) is 0 Å². The Labute approximate surface area is 65.6 Å². The number of benzene rings is 1. The van der Waals surface area contributed by atoms with Gasteiger partial charge in [0.15, 0.2) is 6.26 Å². The van der Waals surface area contributed by atoms with Gasteiger partial charge in [-0.2, -0.15) is 0 Å². The molecule has 11 heavy (non-hydrogen) atoms. The topological polar surface area (TPSA) is 9.23 Å². The lowest BCUT2D eigenvalue weighted by Crippen LogP contribution is -1.83. The van der Waals surface area contributed by atoms with Crippen LogP contribution in [0.15, 0.2) is 36.4 Å². The highest BCUT2D eigenvalue weighted by molar-refractivity contribution is 5.59.